The summed E-state index contributed by atoms with van der Waals surface area (Å²) in [5, 5.41) is 0. The van der Waals surface area contributed by atoms with Gasteiger partial charge in [-0.25, -0.2) is 4.79 Å². The van der Waals surface area contributed by atoms with Crippen LogP contribution in [-0.2, 0) is 19.0 Å². The van der Waals surface area contributed by atoms with E-state index in [9.17, 15) is 13.2 Å². The van der Waals surface area contributed by atoms with E-state index in [1.807, 2.05) is 0 Å². The van der Waals surface area contributed by atoms with E-state index in [2.05, 4.69) is 8.92 Å². The van der Waals surface area contributed by atoms with Gasteiger partial charge in [-0.1, -0.05) is 12.1 Å². The third kappa shape index (κ3) is 2.34. The quantitative estimate of drug-likeness (QED) is 0.567. The van der Waals surface area contributed by atoms with E-state index < -0.39 is 16.1 Å². The fraction of sp³-hybridized carbons (Fsp3) is 0.222. The Morgan fingerprint density at radius 3 is 2.33 bits per heavy atom. The van der Waals surface area contributed by atoms with Crippen LogP contribution in [0.2, 0.25) is 0 Å². The van der Waals surface area contributed by atoms with Gasteiger partial charge in [0, 0.05) is 0 Å². The summed E-state index contributed by atoms with van der Waals surface area (Å²) in [5.74, 6) is -0.716. The van der Waals surface area contributed by atoms with Gasteiger partial charge in [0.05, 0.1) is 19.8 Å². The highest BCUT2D eigenvalue weighted by Gasteiger charge is 2.21. The molecule has 0 radical (unpaired) electrons. The van der Waals surface area contributed by atoms with Crippen molar-refractivity contribution in [2.75, 3.05) is 14.2 Å². The maximum Gasteiger partial charge on any atom is 0.339 e. The van der Waals surface area contributed by atoms with Crippen molar-refractivity contribution in [2.24, 2.45) is 0 Å². The smallest absolute Gasteiger partial charge is 0.339 e. The molecule has 0 fully saturated rings. The predicted octanol–water partition coefficient (Wildman–Crippen LogP) is 0.808. The van der Waals surface area contributed by atoms with E-state index in [-0.39, 0.29) is 10.5 Å². The topological polar surface area (TPSA) is 69.7 Å². The van der Waals surface area contributed by atoms with Crippen LogP contribution in [0.3, 0.4) is 0 Å². The molecule has 1 aromatic carbocycles. The summed E-state index contributed by atoms with van der Waals surface area (Å²) < 4.78 is 31.6. The van der Waals surface area contributed by atoms with Gasteiger partial charge in [-0.15, -0.1) is 0 Å². The number of hydrogen-bond donors (Lipinski definition) is 0. The normalized spacial score (nSPS) is 11.1. The molecule has 6 heteroatoms. The first-order valence-electron chi connectivity index (χ1n) is 4.01. The minimum absolute atomic E-state index is 0.0400. The standard InChI is InChI=1S/C9H10O5S/c1-13-9(10)7-5-3-4-6-8(7)15(11,12)14-2/h3-6H,1-2H3. The molecule has 0 bridgehead atoms. The van der Waals surface area contributed by atoms with E-state index in [4.69, 9.17) is 0 Å². The Balaban J connectivity index is 3.37. The number of benzene rings is 1. The van der Waals surface area contributed by atoms with Crippen LogP contribution in [0.15, 0.2) is 29.2 Å². The Kier molecular flexibility index (Phi) is 3.43. The Labute approximate surface area is 87.7 Å². The first kappa shape index (κ1) is 11.7. The summed E-state index contributed by atoms with van der Waals surface area (Å²) in [4.78, 5) is 11.1. The van der Waals surface area contributed by atoms with Crippen LogP contribution in [-0.4, -0.2) is 28.6 Å². The van der Waals surface area contributed by atoms with Crippen molar-refractivity contribution in [1.82, 2.24) is 0 Å². The minimum atomic E-state index is -3.88. The monoisotopic (exact) mass is 230 g/mol. The lowest BCUT2D eigenvalue weighted by Gasteiger charge is -2.06. The fourth-order valence-corrected chi connectivity index (χ4v) is 1.90. The van der Waals surface area contributed by atoms with Crippen LogP contribution in [0.1, 0.15) is 10.4 Å². The van der Waals surface area contributed by atoms with Gasteiger partial charge in [0.25, 0.3) is 10.1 Å². The molecule has 0 aromatic heterocycles. The number of rotatable bonds is 3. The van der Waals surface area contributed by atoms with Gasteiger partial charge in [-0.3, -0.25) is 4.18 Å². The second kappa shape index (κ2) is 4.41. The van der Waals surface area contributed by atoms with Crippen LogP contribution in [0.25, 0.3) is 0 Å². The molecule has 15 heavy (non-hydrogen) atoms. The lowest BCUT2D eigenvalue weighted by Crippen LogP contribution is -2.11. The van der Waals surface area contributed by atoms with Crippen LogP contribution in [0.5, 0.6) is 0 Å². The van der Waals surface area contributed by atoms with Crippen molar-refractivity contribution in [3.63, 3.8) is 0 Å². The Bertz CT molecular complexity index is 463. The highest BCUT2D eigenvalue weighted by atomic mass is 32.2. The third-order valence-electron chi connectivity index (χ3n) is 1.78. The number of hydrogen-bond acceptors (Lipinski definition) is 5. The highest BCUT2D eigenvalue weighted by molar-refractivity contribution is 7.86. The van der Waals surface area contributed by atoms with Gasteiger partial charge in [0.2, 0.25) is 0 Å². The number of carbonyl (C=O) groups is 1. The molecule has 0 spiro atoms. The Morgan fingerprint density at radius 1 is 1.20 bits per heavy atom. The van der Waals surface area contributed by atoms with Crippen LogP contribution < -0.4 is 0 Å². The van der Waals surface area contributed by atoms with Gasteiger partial charge < -0.3 is 4.74 Å². The van der Waals surface area contributed by atoms with Crippen molar-refractivity contribution < 1.29 is 22.1 Å². The van der Waals surface area contributed by atoms with Crippen LogP contribution in [0.4, 0.5) is 0 Å². The summed E-state index contributed by atoms with van der Waals surface area (Å²) in [6, 6.07) is 5.68. The molecule has 82 valence electrons. The molecule has 0 amide bonds. The van der Waals surface area contributed by atoms with Crippen molar-refractivity contribution in [1.29, 1.82) is 0 Å². The second-order valence-corrected chi connectivity index (χ2v) is 4.29. The van der Waals surface area contributed by atoms with Gasteiger partial charge in [0.15, 0.2) is 0 Å². The molecule has 1 aromatic rings. The zero-order chi connectivity index (χ0) is 11.5. The fourth-order valence-electron chi connectivity index (χ4n) is 1.05. The van der Waals surface area contributed by atoms with Crippen molar-refractivity contribution in [3.8, 4) is 0 Å². The molecule has 0 unspecified atom stereocenters. The molecule has 5 nitrogen and oxygen atoms in total. The summed E-state index contributed by atoms with van der Waals surface area (Å²) >= 11 is 0. The molecule has 0 N–H and O–H groups in total. The summed E-state index contributed by atoms with van der Waals surface area (Å²) in [7, 11) is -1.67. The summed E-state index contributed by atoms with van der Waals surface area (Å²) in [5.41, 5.74) is -0.0400. The number of ether oxygens (including phenoxy) is 1. The molecular formula is C9H10O5S. The second-order valence-electron chi connectivity index (χ2n) is 2.61. The van der Waals surface area contributed by atoms with Crippen LogP contribution in [0, 0.1) is 0 Å². The van der Waals surface area contributed by atoms with Crippen molar-refractivity contribution >= 4 is 16.1 Å². The molecular weight excluding hydrogens is 220 g/mol. The lowest BCUT2D eigenvalue weighted by molar-refractivity contribution is 0.0596. The van der Waals surface area contributed by atoms with E-state index in [1.54, 1.807) is 6.07 Å². The minimum Gasteiger partial charge on any atom is -0.465 e. The molecule has 0 aliphatic carbocycles. The highest BCUT2D eigenvalue weighted by Crippen LogP contribution is 2.17. The SMILES string of the molecule is COC(=O)c1ccccc1S(=O)(=O)OC. The molecule has 0 saturated carbocycles. The summed E-state index contributed by atoms with van der Waals surface area (Å²) in [6.07, 6.45) is 0. The van der Waals surface area contributed by atoms with Gasteiger partial charge in [-0.05, 0) is 12.1 Å². The zero-order valence-corrected chi connectivity index (χ0v) is 9.08. The number of methoxy groups -OCH3 is 1. The number of carbonyl (C=O) groups excluding carboxylic acids is 1. The van der Waals surface area contributed by atoms with Crippen molar-refractivity contribution in [3.05, 3.63) is 29.8 Å². The van der Waals surface area contributed by atoms with Gasteiger partial charge in [-0.2, -0.15) is 8.42 Å². The average Bonchev–Trinajstić information content (AvgIpc) is 2.28. The maximum atomic E-state index is 11.4. The van der Waals surface area contributed by atoms with E-state index in [0.29, 0.717) is 0 Å². The van der Waals surface area contributed by atoms with E-state index in [0.717, 1.165) is 7.11 Å². The molecule has 0 heterocycles. The lowest BCUT2D eigenvalue weighted by atomic mass is 10.2. The van der Waals surface area contributed by atoms with Gasteiger partial charge in [0.1, 0.15) is 4.90 Å². The van der Waals surface area contributed by atoms with E-state index >= 15 is 0 Å². The number of esters is 1. The molecule has 0 aliphatic rings. The van der Waals surface area contributed by atoms with Gasteiger partial charge >= 0.3 is 5.97 Å². The molecule has 1 rings (SSSR count). The first-order valence-corrected chi connectivity index (χ1v) is 5.41. The predicted molar refractivity (Wildman–Crippen MR) is 52.0 cm³/mol. The zero-order valence-electron chi connectivity index (χ0n) is 8.26. The average molecular weight is 230 g/mol. The van der Waals surface area contributed by atoms with E-state index in [1.165, 1.54) is 25.3 Å². The largest absolute Gasteiger partial charge is 0.465 e. The Hall–Kier alpha value is -1.40. The summed E-state index contributed by atoms with van der Waals surface area (Å²) in [6.45, 7) is 0. The third-order valence-corrected chi connectivity index (χ3v) is 3.11. The van der Waals surface area contributed by atoms with Crippen LogP contribution >= 0.6 is 0 Å². The maximum absolute atomic E-state index is 11.4. The molecule has 0 atom stereocenters. The molecule has 0 saturated heterocycles. The Morgan fingerprint density at radius 2 is 1.80 bits per heavy atom. The first-order chi connectivity index (χ1) is 7.03. The van der Waals surface area contributed by atoms with Crippen molar-refractivity contribution in [2.45, 2.75) is 4.90 Å². The molecule has 0 aliphatic heterocycles.